The highest BCUT2D eigenvalue weighted by Crippen LogP contribution is 2.42. The van der Waals surface area contributed by atoms with Gasteiger partial charge in [0.2, 0.25) is 0 Å². The number of rotatable bonds is 5. The molecule has 0 aliphatic carbocycles. The highest BCUT2D eigenvalue weighted by atomic mass is 32.1. The predicted octanol–water partition coefficient (Wildman–Crippen LogP) is 5.76. The predicted molar refractivity (Wildman–Crippen MR) is 87.4 cm³/mol. The molecule has 0 saturated heterocycles. The summed E-state index contributed by atoms with van der Waals surface area (Å²) in [5.74, 6) is -1.88. The van der Waals surface area contributed by atoms with Crippen LogP contribution in [-0.2, 0) is 23.3 Å². The Bertz CT molecular complexity index is 928. The lowest BCUT2D eigenvalue weighted by Crippen LogP contribution is -2.23. The largest absolute Gasteiger partial charge is 0.443 e. The molecule has 4 nitrogen and oxygen atoms in total. The minimum absolute atomic E-state index is 0.143. The number of aromatic nitrogens is 1. The number of alkyl halides is 9. The first kappa shape index (κ1) is 24.9. The normalized spacial score (nSPS) is 15.9. The maximum absolute atomic E-state index is 13.0. The number of aliphatic hydroxyl groups excluding tert-OH is 1. The Morgan fingerprint density at radius 2 is 1.48 bits per heavy atom. The van der Waals surface area contributed by atoms with Gasteiger partial charge < -0.3 is 9.84 Å². The van der Waals surface area contributed by atoms with Crippen molar-refractivity contribution < 1.29 is 49.4 Å². The molecule has 0 amide bonds. The molecule has 1 N–H and O–H groups in total. The number of methoxy groups -OCH3 is 1. The highest BCUT2D eigenvalue weighted by molar-refractivity contribution is 7.09. The van der Waals surface area contributed by atoms with Crippen molar-refractivity contribution in [2.24, 2.45) is 5.92 Å². The molecule has 2 aromatic rings. The number of thiazole rings is 1. The third-order valence-corrected chi connectivity index (χ3v) is 4.98. The summed E-state index contributed by atoms with van der Waals surface area (Å²) >= 11 is 0.143. The third kappa shape index (κ3) is 5.66. The van der Waals surface area contributed by atoms with Crippen LogP contribution in [-0.4, -0.2) is 17.2 Å². The number of benzene rings is 1. The SMILES string of the molecule is COC(c1csc(C(F)(F)F)n1)C(C#N)C(O)c1cc(C(F)(F)F)cc(C(F)(F)F)c1. The fourth-order valence-electron chi connectivity index (χ4n) is 2.66. The first-order valence-electron chi connectivity index (χ1n) is 8.02. The van der Waals surface area contributed by atoms with E-state index in [2.05, 4.69) is 4.98 Å². The molecule has 3 unspecified atom stereocenters. The zero-order valence-corrected chi connectivity index (χ0v) is 15.9. The van der Waals surface area contributed by atoms with Gasteiger partial charge in [-0.3, -0.25) is 0 Å². The molecule has 0 saturated carbocycles. The van der Waals surface area contributed by atoms with Gasteiger partial charge in [0.15, 0.2) is 5.01 Å². The van der Waals surface area contributed by atoms with Crippen LogP contribution in [0.1, 0.15) is 39.6 Å². The van der Waals surface area contributed by atoms with Crippen molar-refractivity contribution in [1.82, 2.24) is 4.98 Å². The number of nitrogens with zero attached hydrogens (tertiary/aromatic N) is 2. The zero-order chi connectivity index (χ0) is 23.8. The van der Waals surface area contributed by atoms with Crippen LogP contribution < -0.4 is 0 Å². The van der Waals surface area contributed by atoms with E-state index in [-0.39, 0.29) is 29.5 Å². The van der Waals surface area contributed by atoms with Crippen LogP contribution in [0.2, 0.25) is 0 Å². The van der Waals surface area contributed by atoms with Gasteiger partial charge in [-0.2, -0.15) is 44.8 Å². The van der Waals surface area contributed by atoms with Crippen LogP contribution in [0.25, 0.3) is 0 Å². The lowest BCUT2D eigenvalue weighted by atomic mass is 9.89. The molecule has 0 aliphatic rings. The van der Waals surface area contributed by atoms with E-state index in [4.69, 9.17) is 4.74 Å². The van der Waals surface area contributed by atoms with Crippen molar-refractivity contribution in [3.63, 3.8) is 0 Å². The summed E-state index contributed by atoms with van der Waals surface area (Å²) in [6.45, 7) is 0. The second-order valence-corrected chi connectivity index (χ2v) is 7.03. The Labute approximate surface area is 172 Å². The first-order valence-corrected chi connectivity index (χ1v) is 8.90. The van der Waals surface area contributed by atoms with Gasteiger partial charge in [-0.1, -0.05) is 0 Å². The van der Waals surface area contributed by atoms with E-state index >= 15 is 0 Å². The minimum Gasteiger partial charge on any atom is -0.387 e. The molecule has 2 rings (SSSR count). The molecule has 3 atom stereocenters. The van der Waals surface area contributed by atoms with Crippen LogP contribution >= 0.6 is 11.3 Å². The number of hydrogen-bond donors (Lipinski definition) is 1. The van der Waals surface area contributed by atoms with Gasteiger partial charge >= 0.3 is 18.5 Å². The molecule has 1 aromatic heterocycles. The van der Waals surface area contributed by atoms with E-state index in [1.54, 1.807) is 0 Å². The Hall–Kier alpha value is -2.37. The molecule has 0 fully saturated rings. The monoisotopic (exact) mass is 478 g/mol. The first-order chi connectivity index (χ1) is 14.1. The van der Waals surface area contributed by atoms with E-state index in [1.165, 1.54) is 6.07 Å². The maximum atomic E-state index is 13.0. The van der Waals surface area contributed by atoms with Gasteiger partial charge in [0.25, 0.3) is 0 Å². The Kier molecular flexibility index (Phi) is 6.94. The van der Waals surface area contributed by atoms with Crippen LogP contribution in [0.3, 0.4) is 0 Å². The zero-order valence-electron chi connectivity index (χ0n) is 15.1. The molecule has 14 heteroatoms. The van der Waals surface area contributed by atoms with E-state index in [0.29, 0.717) is 0 Å². The van der Waals surface area contributed by atoms with Gasteiger partial charge in [0, 0.05) is 12.5 Å². The third-order valence-electron chi connectivity index (χ3n) is 4.08. The summed E-state index contributed by atoms with van der Waals surface area (Å²) in [4.78, 5) is 3.26. The van der Waals surface area contributed by atoms with Crippen LogP contribution in [0.15, 0.2) is 23.6 Å². The topological polar surface area (TPSA) is 66.1 Å². The van der Waals surface area contributed by atoms with Crippen molar-refractivity contribution in [1.29, 1.82) is 5.26 Å². The van der Waals surface area contributed by atoms with E-state index < -0.39 is 64.0 Å². The molecular weight excluding hydrogens is 467 g/mol. The maximum Gasteiger partial charge on any atom is 0.443 e. The Morgan fingerprint density at radius 1 is 0.968 bits per heavy atom. The minimum atomic E-state index is -5.20. The fourth-order valence-corrected chi connectivity index (χ4v) is 3.37. The van der Waals surface area contributed by atoms with Gasteiger partial charge in [-0.05, 0) is 23.8 Å². The lowest BCUT2D eigenvalue weighted by molar-refractivity contribution is -0.143. The second kappa shape index (κ2) is 8.64. The Morgan fingerprint density at radius 3 is 1.84 bits per heavy atom. The van der Waals surface area contributed by atoms with Crippen molar-refractivity contribution in [3.05, 3.63) is 51.0 Å². The van der Waals surface area contributed by atoms with E-state index in [1.807, 2.05) is 0 Å². The smallest absolute Gasteiger partial charge is 0.387 e. The summed E-state index contributed by atoms with van der Waals surface area (Å²) in [5.41, 5.74) is -4.83. The molecule has 1 aromatic carbocycles. The van der Waals surface area contributed by atoms with Crippen LogP contribution in [0, 0.1) is 17.2 Å². The summed E-state index contributed by atoms with van der Waals surface area (Å²) in [6, 6.07) is 1.74. The molecule has 0 spiro atoms. The molecular formula is C17H11F9N2O2S. The van der Waals surface area contributed by atoms with Gasteiger partial charge in [0.05, 0.1) is 29.0 Å². The fraction of sp³-hybridized carbons (Fsp3) is 0.412. The number of ether oxygens (including phenoxy) is 1. The average molecular weight is 478 g/mol. The average Bonchev–Trinajstić information content (AvgIpc) is 3.14. The van der Waals surface area contributed by atoms with Crippen molar-refractivity contribution in [2.45, 2.75) is 30.7 Å². The lowest BCUT2D eigenvalue weighted by Gasteiger charge is -2.25. The number of hydrogen-bond acceptors (Lipinski definition) is 5. The Balaban J connectivity index is 2.52. The van der Waals surface area contributed by atoms with Gasteiger partial charge in [0.1, 0.15) is 12.0 Å². The van der Waals surface area contributed by atoms with E-state index in [0.717, 1.165) is 12.5 Å². The van der Waals surface area contributed by atoms with Crippen molar-refractivity contribution in [3.8, 4) is 6.07 Å². The summed E-state index contributed by atoms with van der Waals surface area (Å²) < 4.78 is 121. The van der Waals surface area contributed by atoms with E-state index in [9.17, 15) is 49.9 Å². The summed E-state index contributed by atoms with van der Waals surface area (Å²) in [6.07, 6.45) is -19.2. The molecule has 31 heavy (non-hydrogen) atoms. The summed E-state index contributed by atoms with van der Waals surface area (Å²) in [5, 5.41) is 19.3. The molecule has 0 radical (unpaired) electrons. The molecule has 0 aliphatic heterocycles. The number of aliphatic hydroxyl groups is 1. The van der Waals surface area contributed by atoms with Crippen molar-refractivity contribution in [2.75, 3.05) is 7.11 Å². The van der Waals surface area contributed by atoms with Crippen LogP contribution in [0.4, 0.5) is 39.5 Å². The summed E-state index contributed by atoms with van der Waals surface area (Å²) in [7, 11) is 0.932. The molecule has 0 bridgehead atoms. The number of nitriles is 1. The van der Waals surface area contributed by atoms with Crippen LogP contribution in [0.5, 0.6) is 0 Å². The van der Waals surface area contributed by atoms with Gasteiger partial charge in [-0.15, -0.1) is 11.3 Å². The molecule has 170 valence electrons. The second-order valence-electron chi connectivity index (χ2n) is 6.17. The van der Waals surface area contributed by atoms with Gasteiger partial charge in [-0.25, -0.2) is 4.98 Å². The van der Waals surface area contributed by atoms with Crippen molar-refractivity contribution >= 4 is 11.3 Å². The highest BCUT2D eigenvalue weighted by Gasteiger charge is 2.41. The number of halogens is 9. The quantitative estimate of drug-likeness (QED) is 0.555. The molecule has 1 heterocycles. The standard InChI is InChI=1S/C17H11F9N2O2S/c1-30-13(11-6-31-14(28-11)17(24,25)26)10(5-27)12(29)7-2-8(15(18,19)20)4-9(3-7)16(21,22)23/h2-4,6,10,12-13,29H,1H3.